The van der Waals surface area contributed by atoms with Crippen LogP contribution in [0.4, 0.5) is 11.6 Å². The highest BCUT2D eigenvalue weighted by Crippen LogP contribution is 2.29. The Kier molecular flexibility index (Phi) is 3.73. The highest BCUT2D eigenvalue weighted by molar-refractivity contribution is 5.59. The molecule has 0 bridgehead atoms. The Morgan fingerprint density at radius 2 is 1.69 bits per heavy atom. The molecule has 1 aromatic heterocycles. The standard InChI is InChI=1S/C12H22N4/c1-8(2)9-10(13-6)14-7-15-11(9)16-12(3,4)5/h7-8H,1-6H3,(H2,13,14,15,16). The Morgan fingerprint density at radius 1 is 1.12 bits per heavy atom. The van der Waals surface area contributed by atoms with Crippen LogP contribution in [0.25, 0.3) is 0 Å². The zero-order valence-corrected chi connectivity index (χ0v) is 11.0. The minimum absolute atomic E-state index is 0.00298. The van der Waals surface area contributed by atoms with Crippen LogP contribution in [0.3, 0.4) is 0 Å². The van der Waals surface area contributed by atoms with Crippen molar-refractivity contribution in [1.29, 1.82) is 0 Å². The Labute approximate surface area is 97.9 Å². The van der Waals surface area contributed by atoms with E-state index in [0.717, 1.165) is 17.2 Å². The lowest BCUT2D eigenvalue weighted by Gasteiger charge is -2.25. The fraction of sp³-hybridized carbons (Fsp3) is 0.667. The van der Waals surface area contributed by atoms with E-state index in [1.807, 2.05) is 7.05 Å². The monoisotopic (exact) mass is 222 g/mol. The molecule has 0 unspecified atom stereocenters. The molecule has 0 aliphatic carbocycles. The molecule has 0 atom stereocenters. The molecule has 0 aliphatic heterocycles. The van der Waals surface area contributed by atoms with E-state index in [0.29, 0.717) is 5.92 Å². The van der Waals surface area contributed by atoms with E-state index in [9.17, 15) is 0 Å². The van der Waals surface area contributed by atoms with Gasteiger partial charge in [-0.15, -0.1) is 0 Å². The topological polar surface area (TPSA) is 49.8 Å². The highest BCUT2D eigenvalue weighted by Gasteiger charge is 2.18. The second-order valence-corrected chi connectivity index (χ2v) is 5.26. The van der Waals surface area contributed by atoms with Crippen LogP contribution in [-0.2, 0) is 0 Å². The van der Waals surface area contributed by atoms with Crippen molar-refractivity contribution in [3.05, 3.63) is 11.9 Å². The number of nitrogens with zero attached hydrogens (tertiary/aromatic N) is 2. The van der Waals surface area contributed by atoms with E-state index >= 15 is 0 Å². The van der Waals surface area contributed by atoms with Crippen LogP contribution in [0.15, 0.2) is 6.33 Å². The van der Waals surface area contributed by atoms with Gasteiger partial charge in [0.15, 0.2) is 0 Å². The van der Waals surface area contributed by atoms with Gasteiger partial charge in [0.1, 0.15) is 18.0 Å². The average Bonchev–Trinajstić information content (AvgIpc) is 2.14. The van der Waals surface area contributed by atoms with Crippen molar-refractivity contribution in [2.75, 3.05) is 17.7 Å². The first kappa shape index (κ1) is 12.7. The van der Waals surface area contributed by atoms with Crippen LogP contribution in [0, 0.1) is 0 Å². The van der Waals surface area contributed by atoms with Crippen molar-refractivity contribution >= 4 is 11.6 Å². The molecule has 16 heavy (non-hydrogen) atoms. The summed E-state index contributed by atoms with van der Waals surface area (Å²) >= 11 is 0. The molecule has 2 N–H and O–H groups in total. The number of nitrogens with one attached hydrogen (secondary N) is 2. The molecule has 0 saturated carbocycles. The van der Waals surface area contributed by atoms with E-state index in [4.69, 9.17) is 0 Å². The smallest absolute Gasteiger partial charge is 0.135 e. The van der Waals surface area contributed by atoms with Crippen LogP contribution in [0.2, 0.25) is 0 Å². The first-order chi connectivity index (χ1) is 7.35. The summed E-state index contributed by atoms with van der Waals surface area (Å²) in [5, 5.41) is 6.53. The maximum atomic E-state index is 4.33. The zero-order chi connectivity index (χ0) is 12.3. The molecule has 1 rings (SSSR count). The molecule has 0 amide bonds. The van der Waals surface area contributed by atoms with Gasteiger partial charge in [-0.05, 0) is 26.7 Å². The number of anilines is 2. The average molecular weight is 222 g/mol. The van der Waals surface area contributed by atoms with Gasteiger partial charge < -0.3 is 10.6 Å². The third-order valence-corrected chi connectivity index (χ3v) is 2.19. The Hall–Kier alpha value is -1.32. The van der Waals surface area contributed by atoms with Crippen molar-refractivity contribution in [1.82, 2.24) is 9.97 Å². The minimum Gasteiger partial charge on any atom is -0.373 e. The van der Waals surface area contributed by atoms with Crippen molar-refractivity contribution in [3.63, 3.8) is 0 Å². The summed E-state index contributed by atoms with van der Waals surface area (Å²) in [5.41, 5.74) is 1.14. The molecular formula is C12H22N4. The molecule has 4 heteroatoms. The van der Waals surface area contributed by atoms with Gasteiger partial charge in [0.25, 0.3) is 0 Å². The Bertz CT molecular complexity index is 353. The van der Waals surface area contributed by atoms with E-state index in [1.165, 1.54) is 0 Å². The molecule has 0 aromatic carbocycles. The van der Waals surface area contributed by atoms with Crippen LogP contribution >= 0.6 is 0 Å². The minimum atomic E-state index is 0.00298. The van der Waals surface area contributed by atoms with E-state index in [2.05, 4.69) is 55.2 Å². The summed E-state index contributed by atoms with van der Waals surface area (Å²) in [6.45, 7) is 10.7. The lowest BCUT2D eigenvalue weighted by atomic mass is 10.0. The van der Waals surface area contributed by atoms with Gasteiger partial charge >= 0.3 is 0 Å². The fourth-order valence-corrected chi connectivity index (χ4v) is 1.60. The normalized spacial score (nSPS) is 11.7. The Balaban J connectivity index is 3.17. The summed E-state index contributed by atoms with van der Waals surface area (Å²) in [5.74, 6) is 2.20. The maximum Gasteiger partial charge on any atom is 0.135 e. The lowest BCUT2D eigenvalue weighted by molar-refractivity contribution is 0.626. The number of hydrogen-bond acceptors (Lipinski definition) is 4. The zero-order valence-electron chi connectivity index (χ0n) is 11.0. The molecule has 1 aromatic rings. The molecular weight excluding hydrogens is 200 g/mol. The quantitative estimate of drug-likeness (QED) is 0.825. The first-order valence-corrected chi connectivity index (χ1v) is 5.66. The van der Waals surface area contributed by atoms with Gasteiger partial charge in [-0.2, -0.15) is 0 Å². The van der Waals surface area contributed by atoms with E-state index in [-0.39, 0.29) is 5.54 Å². The highest BCUT2D eigenvalue weighted by atomic mass is 15.1. The summed E-state index contributed by atoms with van der Waals surface area (Å²) in [4.78, 5) is 8.58. The predicted octanol–water partition coefficient (Wildman–Crippen LogP) is 2.85. The van der Waals surface area contributed by atoms with E-state index < -0.39 is 0 Å². The van der Waals surface area contributed by atoms with Gasteiger partial charge in [-0.1, -0.05) is 13.8 Å². The molecule has 0 radical (unpaired) electrons. The largest absolute Gasteiger partial charge is 0.373 e. The molecule has 0 saturated heterocycles. The van der Waals surface area contributed by atoms with Gasteiger partial charge in [0.2, 0.25) is 0 Å². The van der Waals surface area contributed by atoms with Gasteiger partial charge in [-0.25, -0.2) is 9.97 Å². The fourth-order valence-electron chi connectivity index (χ4n) is 1.60. The van der Waals surface area contributed by atoms with Crippen molar-refractivity contribution in [2.45, 2.75) is 46.1 Å². The number of rotatable bonds is 3. The first-order valence-electron chi connectivity index (χ1n) is 5.66. The lowest BCUT2D eigenvalue weighted by Crippen LogP contribution is -2.28. The van der Waals surface area contributed by atoms with Crippen LogP contribution in [0.5, 0.6) is 0 Å². The van der Waals surface area contributed by atoms with Crippen molar-refractivity contribution in [3.8, 4) is 0 Å². The van der Waals surface area contributed by atoms with Crippen molar-refractivity contribution < 1.29 is 0 Å². The molecule has 1 heterocycles. The second-order valence-electron chi connectivity index (χ2n) is 5.26. The van der Waals surface area contributed by atoms with Gasteiger partial charge in [0.05, 0.1) is 0 Å². The SMILES string of the molecule is CNc1ncnc(NC(C)(C)C)c1C(C)C. The third kappa shape index (κ3) is 3.08. The summed E-state index contributed by atoms with van der Waals surface area (Å²) in [7, 11) is 1.88. The molecule has 0 fully saturated rings. The summed E-state index contributed by atoms with van der Waals surface area (Å²) in [6, 6.07) is 0. The second kappa shape index (κ2) is 4.68. The third-order valence-electron chi connectivity index (χ3n) is 2.19. The summed E-state index contributed by atoms with van der Waals surface area (Å²) < 4.78 is 0. The molecule has 0 spiro atoms. The number of hydrogen-bond donors (Lipinski definition) is 2. The van der Waals surface area contributed by atoms with Crippen molar-refractivity contribution in [2.24, 2.45) is 0 Å². The summed E-state index contributed by atoms with van der Waals surface area (Å²) in [6.07, 6.45) is 1.59. The van der Waals surface area contributed by atoms with Gasteiger partial charge in [-0.3, -0.25) is 0 Å². The molecule has 0 aliphatic rings. The predicted molar refractivity (Wildman–Crippen MR) is 69.0 cm³/mol. The van der Waals surface area contributed by atoms with Crippen LogP contribution in [-0.4, -0.2) is 22.6 Å². The van der Waals surface area contributed by atoms with Crippen LogP contribution in [0.1, 0.15) is 46.1 Å². The molecule has 4 nitrogen and oxygen atoms in total. The van der Waals surface area contributed by atoms with E-state index in [1.54, 1.807) is 6.33 Å². The maximum absolute atomic E-state index is 4.33. The Morgan fingerprint density at radius 3 is 2.12 bits per heavy atom. The number of aromatic nitrogens is 2. The molecule has 90 valence electrons. The van der Waals surface area contributed by atoms with Gasteiger partial charge in [0, 0.05) is 18.2 Å². The van der Waals surface area contributed by atoms with Crippen LogP contribution < -0.4 is 10.6 Å².